The van der Waals surface area contributed by atoms with Crippen LogP contribution in [0.15, 0.2) is 48.7 Å². The highest BCUT2D eigenvalue weighted by Crippen LogP contribution is 2.24. The highest BCUT2D eigenvalue weighted by Gasteiger charge is 2.19. The van der Waals surface area contributed by atoms with Crippen LogP contribution in [-0.4, -0.2) is 47.1 Å². The minimum Gasteiger partial charge on any atom is -0.388 e. The van der Waals surface area contributed by atoms with E-state index in [1.165, 1.54) is 11.8 Å². The summed E-state index contributed by atoms with van der Waals surface area (Å²) in [4.78, 5) is 9.39. The highest BCUT2D eigenvalue weighted by atomic mass is 16.5. The maximum absolute atomic E-state index is 7.39. The molecule has 0 radical (unpaired) electrons. The first kappa shape index (κ1) is 19.1. The summed E-state index contributed by atoms with van der Waals surface area (Å²) in [5, 5.41) is 14.1. The number of benzene rings is 1. The molecule has 0 aliphatic carbocycles. The van der Waals surface area contributed by atoms with Crippen molar-refractivity contribution in [3.8, 4) is 0 Å². The molecular formula is C22H26N6O. The summed E-state index contributed by atoms with van der Waals surface area (Å²) in [5.41, 5.74) is 4.66. The van der Waals surface area contributed by atoms with E-state index in [2.05, 4.69) is 50.5 Å². The van der Waals surface area contributed by atoms with Gasteiger partial charge in [0.25, 0.3) is 0 Å². The molecule has 29 heavy (non-hydrogen) atoms. The summed E-state index contributed by atoms with van der Waals surface area (Å²) in [6, 6.07) is 12.8. The zero-order chi connectivity index (χ0) is 20.1. The molecule has 150 valence electrons. The lowest BCUT2D eigenvalue weighted by molar-refractivity contribution is 0.0902. The molecule has 3 aromatic rings. The van der Waals surface area contributed by atoms with Crippen LogP contribution in [0.1, 0.15) is 24.0 Å². The topological polar surface area (TPSA) is 87.8 Å². The Morgan fingerprint density at radius 1 is 1.28 bits per heavy atom. The fourth-order valence-electron chi connectivity index (χ4n) is 3.62. The van der Waals surface area contributed by atoms with E-state index < -0.39 is 0 Å². The van der Waals surface area contributed by atoms with Crippen molar-refractivity contribution in [2.75, 3.05) is 25.6 Å². The van der Waals surface area contributed by atoms with E-state index in [0.29, 0.717) is 18.2 Å². The van der Waals surface area contributed by atoms with Crippen LogP contribution in [0.4, 0.5) is 5.95 Å². The Morgan fingerprint density at radius 3 is 2.79 bits per heavy atom. The number of rotatable bonds is 7. The number of anilines is 1. The molecule has 0 spiro atoms. The lowest BCUT2D eigenvalue weighted by Crippen LogP contribution is -2.29. The van der Waals surface area contributed by atoms with Gasteiger partial charge in [0, 0.05) is 50.0 Å². The zero-order valence-electron chi connectivity index (χ0n) is 16.6. The standard InChI is InChI=1S/C22H26N6O/c1-24-19(7-10-23)17-13-20-21(25-14-17)27-22(26-18-8-11-29-12-9-18)28(20)15-16-5-3-2-4-6-16/h2-7,10,13-14,18,23-24H,8-9,11-12,15H2,1H3,(H,25,26,27)/b19-7-,23-10?. The highest BCUT2D eigenvalue weighted by molar-refractivity contribution is 5.85. The Bertz CT molecular complexity index is 1000. The van der Waals surface area contributed by atoms with E-state index >= 15 is 0 Å². The fraction of sp³-hybridized carbons (Fsp3) is 0.318. The van der Waals surface area contributed by atoms with Crippen molar-refractivity contribution < 1.29 is 4.74 Å². The molecule has 0 bridgehead atoms. The number of pyridine rings is 1. The van der Waals surface area contributed by atoms with Gasteiger partial charge >= 0.3 is 0 Å². The number of nitrogens with one attached hydrogen (secondary N) is 3. The van der Waals surface area contributed by atoms with Crippen molar-refractivity contribution in [3.63, 3.8) is 0 Å². The van der Waals surface area contributed by atoms with E-state index in [9.17, 15) is 0 Å². The smallest absolute Gasteiger partial charge is 0.205 e. The lowest BCUT2D eigenvalue weighted by atomic mass is 10.1. The maximum Gasteiger partial charge on any atom is 0.205 e. The van der Waals surface area contributed by atoms with Gasteiger partial charge in [-0.25, -0.2) is 4.98 Å². The lowest BCUT2D eigenvalue weighted by Gasteiger charge is -2.24. The van der Waals surface area contributed by atoms with Crippen LogP contribution in [-0.2, 0) is 11.3 Å². The van der Waals surface area contributed by atoms with Crippen LogP contribution in [0, 0.1) is 5.41 Å². The van der Waals surface area contributed by atoms with Crippen LogP contribution in [0.5, 0.6) is 0 Å². The van der Waals surface area contributed by atoms with Gasteiger partial charge in [0.2, 0.25) is 5.95 Å². The van der Waals surface area contributed by atoms with E-state index in [-0.39, 0.29) is 0 Å². The normalized spacial score (nSPS) is 15.4. The van der Waals surface area contributed by atoms with E-state index in [4.69, 9.17) is 15.1 Å². The maximum atomic E-state index is 7.39. The molecule has 0 saturated carbocycles. The van der Waals surface area contributed by atoms with E-state index in [1.54, 1.807) is 12.3 Å². The summed E-state index contributed by atoms with van der Waals surface area (Å²) >= 11 is 0. The van der Waals surface area contributed by atoms with Gasteiger partial charge in [0.05, 0.1) is 12.1 Å². The molecule has 0 atom stereocenters. The fourth-order valence-corrected chi connectivity index (χ4v) is 3.62. The summed E-state index contributed by atoms with van der Waals surface area (Å²) in [7, 11) is 1.85. The van der Waals surface area contributed by atoms with Crippen LogP contribution >= 0.6 is 0 Å². The SMILES string of the molecule is CN/C(=C\C=N)c1cnc2nc(NC3CCOCC3)n(Cc3ccccc3)c2c1. The van der Waals surface area contributed by atoms with Crippen molar-refractivity contribution in [2.45, 2.75) is 25.4 Å². The molecule has 0 unspecified atom stereocenters. The van der Waals surface area contributed by atoms with Crippen molar-refractivity contribution in [1.82, 2.24) is 19.9 Å². The average molecular weight is 390 g/mol. The number of allylic oxidation sites excluding steroid dienone is 1. The molecule has 7 nitrogen and oxygen atoms in total. The van der Waals surface area contributed by atoms with Gasteiger partial charge in [-0.15, -0.1) is 0 Å². The van der Waals surface area contributed by atoms with E-state index in [0.717, 1.165) is 48.8 Å². The predicted octanol–water partition coefficient (Wildman–Crippen LogP) is 3.28. The van der Waals surface area contributed by atoms with Crippen LogP contribution in [0.3, 0.4) is 0 Å². The molecule has 3 N–H and O–H groups in total. The summed E-state index contributed by atoms with van der Waals surface area (Å²) in [6.07, 6.45) is 6.74. The quantitative estimate of drug-likeness (QED) is 0.539. The largest absolute Gasteiger partial charge is 0.388 e. The van der Waals surface area contributed by atoms with Crippen molar-refractivity contribution in [2.24, 2.45) is 0 Å². The number of fused-ring (bicyclic) bond motifs is 1. The van der Waals surface area contributed by atoms with Gasteiger partial charge in [0.1, 0.15) is 0 Å². The third-order valence-corrected chi connectivity index (χ3v) is 5.17. The molecule has 7 heteroatoms. The second-order valence-electron chi connectivity index (χ2n) is 7.10. The van der Waals surface area contributed by atoms with Gasteiger partial charge in [-0.1, -0.05) is 30.3 Å². The van der Waals surface area contributed by atoms with Crippen LogP contribution in [0.2, 0.25) is 0 Å². The minimum absolute atomic E-state index is 0.347. The Hall–Kier alpha value is -3.19. The number of imidazole rings is 1. The van der Waals surface area contributed by atoms with Crippen LogP contribution in [0.25, 0.3) is 16.9 Å². The van der Waals surface area contributed by atoms with Gasteiger partial charge < -0.3 is 25.3 Å². The second kappa shape index (κ2) is 8.87. The number of ether oxygens (including phenoxy) is 1. The van der Waals surface area contributed by atoms with Crippen molar-refractivity contribution in [3.05, 3.63) is 59.8 Å². The first-order chi connectivity index (χ1) is 14.3. The van der Waals surface area contributed by atoms with Crippen molar-refractivity contribution in [1.29, 1.82) is 5.41 Å². The summed E-state index contributed by atoms with van der Waals surface area (Å²) < 4.78 is 7.68. The third kappa shape index (κ3) is 4.30. The molecule has 2 aromatic heterocycles. The van der Waals surface area contributed by atoms with Gasteiger partial charge in [-0.3, -0.25) is 0 Å². The van der Waals surface area contributed by atoms with Crippen molar-refractivity contribution >= 4 is 29.0 Å². The Balaban J connectivity index is 1.77. The third-order valence-electron chi connectivity index (χ3n) is 5.17. The first-order valence-corrected chi connectivity index (χ1v) is 9.92. The number of nitrogens with zero attached hydrogens (tertiary/aromatic N) is 3. The molecule has 1 aliphatic rings. The summed E-state index contributed by atoms with van der Waals surface area (Å²) in [6.45, 7) is 2.26. The molecule has 1 aromatic carbocycles. The van der Waals surface area contributed by atoms with Gasteiger partial charge in [-0.2, -0.15) is 4.98 Å². The summed E-state index contributed by atoms with van der Waals surface area (Å²) in [5.74, 6) is 0.836. The number of aromatic nitrogens is 3. The molecule has 1 aliphatic heterocycles. The Labute approximate surface area is 170 Å². The molecule has 1 fully saturated rings. The molecule has 4 rings (SSSR count). The number of hydrogen-bond acceptors (Lipinski definition) is 6. The predicted molar refractivity (Wildman–Crippen MR) is 116 cm³/mol. The van der Waals surface area contributed by atoms with Gasteiger partial charge in [-0.05, 0) is 30.5 Å². The molecule has 0 amide bonds. The first-order valence-electron chi connectivity index (χ1n) is 9.92. The monoisotopic (exact) mass is 390 g/mol. The van der Waals surface area contributed by atoms with E-state index in [1.807, 2.05) is 13.1 Å². The second-order valence-corrected chi connectivity index (χ2v) is 7.10. The molecular weight excluding hydrogens is 364 g/mol. The molecule has 1 saturated heterocycles. The molecule has 3 heterocycles. The Morgan fingerprint density at radius 2 is 2.07 bits per heavy atom. The Kier molecular flexibility index (Phi) is 5.86. The van der Waals surface area contributed by atoms with Gasteiger partial charge in [0.15, 0.2) is 5.65 Å². The minimum atomic E-state index is 0.347. The average Bonchev–Trinajstić information content (AvgIpc) is 3.09. The number of hydrogen-bond donors (Lipinski definition) is 3. The van der Waals surface area contributed by atoms with Crippen LogP contribution < -0.4 is 10.6 Å². The zero-order valence-corrected chi connectivity index (χ0v) is 16.6.